The van der Waals surface area contributed by atoms with Crippen molar-refractivity contribution in [3.8, 4) is 5.75 Å². The maximum absolute atomic E-state index is 13.3. The van der Waals surface area contributed by atoms with Gasteiger partial charge in [0, 0.05) is 37.0 Å². The van der Waals surface area contributed by atoms with Crippen LogP contribution in [-0.4, -0.2) is 48.4 Å². The molecule has 1 aromatic heterocycles. The van der Waals surface area contributed by atoms with Gasteiger partial charge < -0.3 is 18.4 Å². The maximum Gasteiger partial charge on any atom is 0.230 e. The van der Waals surface area contributed by atoms with E-state index in [4.69, 9.17) is 8.92 Å². The van der Waals surface area contributed by atoms with Crippen molar-refractivity contribution in [1.29, 1.82) is 0 Å². The van der Waals surface area contributed by atoms with Crippen molar-refractivity contribution in [3.05, 3.63) is 29.5 Å². The molecule has 0 fully saturated rings. The van der Waals surface area contributed by atoms with Crippen LogP contribution in [0, 0.1) is 0 Å². The van der Waals surface area contributed by atoms with Crippen LogP contribution < -0.4 is 4.74 Å². The van der Waals surface area contributed by atoms with Crippen LogP contribution in [-0.2, 0) is 21.9 Å². The Kier molecular flexibility index (Phi) is 6.71. The maximum atomic E-state index is 13.3. The molecule has 1 amide bonds. The minimum atomic E-state index is -0.0878. The number of aromatic nitrogens is 1. The minimum Gasteiger partial charge on any atom is -0.496 e. The van der Waals surface area contributed by atoms with Crippen LogP contribution >= 0.6 is 12.0 Å². The molecule has 1 aliphatic rings. The summed E-state index contributed by atoms with van der Waals surface area (Å²) in [7, 11) is 1.71. The molecule has 3 rings (SSSR count). The number of likely N-dealkylation sites (N-methyl/N-ethyl adjacent to an activating group) is 1. The van der Waals surface area contributed by atoms with E-state index in [0.717, 1.165) is 55.5 Å². The predicted molar refractivity (Wildman–Crippen MR) is 112 cm³/mol. The van der Waals surface area contributed by atoms with E-state index in [-0.39, 0.29) is 11.8 Å². The van der Waals surface area contributed by atoms with Crippen molar-refractivity contribution in [2.45, 2.75) is 45.6 Å². The van der Waals surface area contributed by atoms with E-state index in [1.807, 2.05) is 23.3 Å². The number of hydrogen-bond donors (Lipinski definition) is 0. The van der Waals surface area contributed by atoms with Gasteiger partial charge in [-0.25, -0.2) is 0 Å². The number of carbonyl (C=O) groups is 1. The topological polar surface area (TPSA) is 43.7 Å². The molecule has 0 bridgehead atoms. The Morgan fingerprint density at radius 1 is 1.33 bits per heavy atom. The summed E-state index contributed by atoms with van der Waals surface area (Å²) in [6.07, 6.45) is 4.87. The van der Waals surface area contributed by atoms with Gasteiger partial charge in [-0.15, -0.1) is 0 Å². The molecular formula is C21H30N2O3S. The quantitative estimate of drug-likeness (QED) is 0.500. The summed E-state index contributed by atoms with van der Waals surface area (Å²) in [5.41, 5.74) is 3.59. The second-order valence-corrected chi connectivity index (χ2v) is 7.38. The number of methoxy groups -OCH3 is 1. The first kappa shape index (κ1) is 20.1. The summed E-state index contributed by atoms with van der Waals surface area (Å²) in [6, 6.07) is 6.16. The summed E-state index contributed by atoms with van der Waals surface area (Å²) < 4.78 is 13.6. The lowest BCUT2D eigenvalue weighted by atomic mass is 9.84. The fraction of sp³-hybridized carbons (Fsp3) is 0.571. The Morgan fingerprint density at radius 2 is 2.11 bits per heavy atom. The van der Waals surface area contributed by atoms with E-state index in [1.54, 1.807) is 7.11 Å². The number of amides is 1. The molecule has 27 heavy (non-hydrogen) atoms. The van der Waals surface area contributed by atoms with Crippen molar-refractivity contribution in [3.63, 3.8) is 0 Å². The van der Waals surface area contributed by atoms with Crippen LogP contribution in [0.4, 0.5) is 0 Å². The molecule has 0 spiro atoms. The fourth-order valence-corrected chi connectivity index (χ4v) is 4.59. The summed E-state index contributed by atoms with van der Waals surface area (Å²) in [5.74, 6) is 1.01. The van der Waals surface area contributed by atoms with Crippen molar-refractivity contribution in [1.82, 2.24) is 9.47 Å². The van der Waals surface area contributed by atoms with E-state index in [9.17, 15) is 4.79 Å². The number of fused-ring (bicyclic) bond motifs is 3. The summed E-state index contributed by atoms with van der Waals surface area (Å²) in [6.45, 7) is 7.02. The van der Waals surface area contributed by atoms with E-state index in [0.29, 0.717) is 6.61 Å². The molecule has 0 aliphatic heterocycles. The van der Waals surface area contributed by atoms with Gasteiger partial charge in [-0.05, 0) is 62.8 Å². The average Bonchev–Trinajstić information content (AvgIpc) is 3.03. The fourth-order valence-electron chi connectivity index (χ4n) is 4.35. The summed E-state index contributed by atoms with van der Waals surface area (Å²) in [5, 5.41) is 1.10. The minimum absolute atomic E-state index is 0.0878. The summed E-state index contributed by atoms with van der Waals surface area (Å²) >= 11 is 1.39. The lowest BCUT2D eigenvalue weighted by Crippen LogP contribution is -2.36. The van der Waals surface area contributed by atoms with Crippen molar-refractivity contribution < 1.29 is 13.7 Å². The molecule has 1 atom stereocenters. The number of ether oxygens (including phenoxy) is 1. The number of benzene rings is 1. The summed E-state index contributed by atoms with van der Waals surface area (Å²) in [4.78, 5) is 15.2. The van der Waals surface area contributed by atoms with E-state index in [2.05, 4.69) is 24.5 Å². The highest BCUT2D eigenvalue weighted by Crippen LogP contribution is 2.43. The van der Waals surface area contributed by atoms with Crippen molar-refractivity contribution in [2.24, 2.45) is 0 Å². The van der Waals surface area contributed by atoms with Crippen LogP contribution in [0.1, 0.15) is 43.9 Å². The molecule has 2 aromatic rings. The Labute approximate surface area is 166 Å². The Morgan fingerprint density at radius 3 is 2.78 bits per heavy atom. The van der Waals surface area contributed by atoms with Gasteiger partial charge in [0.2, 0.25) is 5.91 Å². The highest BCUT2D eigenvalue weighted by Gasteiger charge is 2.34. The third kappa shape index (κ3) is 3.69. The molecule has 0 radical (unpaired) electrons. The van der Waals surface area contributed by atoms with Crippen LogP contribution in [0.3, 0.4) is 0 Å². The molecule has 0 saturated heterocycles. The zero-order valence-corrected chi connectivity index (χ0v) is 17.6. The lowest BCUT2D eigenvalue weighted by Gasteiger charge is -2.29. The molecule has 0 N–H and O–H groups in total. The second-order valence-electron chi connectivity index (χ2n) is 6.81. The normalized spacial score (nSPS) is 16.4. The first-order valence-electron chi connectivity index (χ1n) is 9.80. The number of nitrogens with zero attached hydrogens (tertiary/aromatic N) is 2. The average molecular weight is 391 g/mol. The molecule has 0 unspecified atom stereocenters. The van der Waals surface area contributed by atoms with Gasteiger partial charge in [0.15, 0.2) is 0 Å². The predicted octanol–water partition coefficient (Wildman–Crippen LogP) is 4.23. The molecule has 1 aliphatic carbocycles. The largest absolute Gasteiger partial charge is 0.496 e. The smallest absolute Gasteiger partial charge is 0.230 e. The monoisotopic (exact) mass is 390 g/mol. The standard InChI is InChI=1S/C21H30N2O3S/c1-5-22(6-2)21(24)15-9-7-10-16-19(15)20-17(11-8-12-18(20)25-3)23(16)13-14-26-27-4/h8,11-12,15H,5-7,9-10,13-14H2,1-4H3/t15-/m1/s1. The van der Waals surface area contributed by atoms with Gasteiger partial charge in [-0.2, -0.15) is 0 Å². The Balaban J connectivity index is 2.16. The highest BCUT2D eigenvalue weighted by molar-refractivity contribution is 7.93. The van der Waals surface area contributed by atoms with Crippen molar-refractivity contribution in [2.75, 3.05) is 33.1 Å². The lowest BCUT2D eigenvalue weighted by molar-refractivity contribution is -0.132. The molecule has 1 aromatic carbocycles. The highest BCUT2D eigenvalue weighted by atomic mass is 32.2. The SMILES string of the molecule is CCN(CC)C(=O)[C@@H]1CCCc2c1c1c(OC)cccc1n2CCOSC. The molecular weight excluding hydrogens is 360 g/mol. The zero-order valence-electron chi connectivity index (χ0n) is 16.8. The van der Waals surface area contributed by atoms with Gasteiger partial charge in [0.05, 0.1) is 25.2 Å². The van der Waals surface area contributed by atoms with Crippen LogP contribution in [0.5, 0.6) is 5.75 Å². The van der Waals surface area contributed by atoms with E-state index >= 15 is 0 Å². The molecule has 0 saturated carbocycles. The number of hydrogen-bond acceptors (Lipinski definition) is 4. The van der Waals surface area contributed by atoms with Gasteiger partial charge in [-0.1, -0.05) is 6.07 Å². The van der Waals surface area contributed by atoms with Gasteiger partial charge >= 0.3 is 0 Å². The van der Waals surface area contributed by atoms with E-state index in [1.165, 1.54) is 23.3 Å². The third-order valence-electron chi connectivity index (χ3n) is 5.57. The Bertz CT molecular complexity index is 798. The zero-order chi connectivity index (χ0) is 19.4. The molecule has 6 heteroatoms. The Hall–Kier alpha value is -1.66. The van der Waals surface area contributed by atoms with Gasteiger partial charge in [0.1, 0.15) is 5.75 Å². The van der Waals surface area contributed by atoms with E-state index < -0.39 is 0 Å². The van der Waals surface area contributed by atoms with Crippen LogP contribution in [0.2, 0.25) is 0 Å². The third-order valence-corrected chi connectivity index (χ3v) is 5.97. The van der Waals surface area contributed by atoms with Gasteiger partial charge in [-0.3, -0.25) is 4.79 Å². The second kappa shape index (κ2) is 9.02. The van der Waals surface area contributed by atoms with Crippen LogP contribution in [0.25, 0.3) is 10.9 Å². The number of rotatable bonds is 8. The first-order valence-corrected chi connectivity index (χ1v) is 10.9. The van der Waals surface area contributed by atoms with Crippen molar-refractivity contribution >= 4 is 28.9 Å². The van der Waals surface area contributed by atoms with Gasteiger partial charge in [0.25, 0.3) is 0 Å². The molecule has 1 heterocycles. The van der Waals surface area contributed by atoms with Crippen LogP contribution in [0.15, 0.2) is 18.2 Å². The number of carbonyl (C=O) groups excluding carboxylic acids is 1. The molecule has 148 valence electrons. The first-order chi connectivity index (χ1) is 13.2. The molecule has 5 nitrogen and oxygen atoms in total.